The molecule has 2 rings (SSSR count). The molecule has 0 aliphatic rings. The Balaban J connectivity index is 2.36. The summed E-state index contributed by atoms with van der Waals surface area (Å²) in [7, 11) is 0. The molecule has 7 N–H and O–H groups in total. The van der Waals surface area contributed by atoms with Gasteiger partial charge < -0.3 is 21.6 Å². The molecule has 0 atom stereocenters. The molecule has 1 heterocycles. The van der Waals surface area contributed by atoms with Gasteiger partial charge >= 0.3 is 0 Å². The topological polar surface area (TPSA) is 142 Å². The van der Waals surface area contributed by atoms with Gasteiger partial charge in [-0.1, -0.05) is 12.1 Å². The van der Waals surface area contributed by atoms with Crippen LogP contribution in [0.1, 0.15) is 10.4 Å². The van der Waals surface area contributed by atoms with Gasteiger partial charge in [0.25, 0.3) is 5.91 Å². The highest BCUT2D eigenvalue weighted by Crippen LogP contribution is 2.25. The molecule has 1 amide bonds. The maximum absolute atomic E-state index is 11.3. The molecule has 0 bridgehead atoms. The van der Waals surface area contributed by atoms with Crippen molar-refractivity contribution in [2.45, 2.75) is 0 Å². The first-order valence-corrected chi connectivity index (χ1v) is 5.28. The standard InChI is InChI=1S/C11H12N6O2/c12-10(18)6-3-1-2-4-7(6)19-9-5-8(17-14)15-11(13)16-9/h1-5H,14H2,(H2,12,18)(H3,13,15,16,17). The number of hydrogen-bond donors (Lipinski definition) is 4. The molecule has 0 fully saturated rings. The van der Waals surface area contributed by atoms with Crippen molar-refractivity contribution in [1.29, 1.82) is 0 Å². The summed E-state index contributed by atoms with van der Waals surface area (Å²) in [6, 6.07) is 7.95. The smallest absolute Gasteiger partial charge is 0.252 e. The van der Waals surface area contributed by atoms with E-state index in [0.29, 0.717) is 5.82 Å². The Kier molecular flexibility index (Phi) is 3.44. The number of nitrogens with zero attached hydrogens (tertiary/aromatic N) is 2. The first-order valence-electron chi connectivity index (χ1n) is 5.28. The van der Waals surface area contributed by atoms with Crippen molar-refractivity contribution in [3.8, 4) is 11.6 Å². The first kappa shape index (κ1) is 12.6. The quantitative estimate of drug-likeness (QED) is 0.455. The highest BCUT2D eigenvalue weighted by atomic mass is 16.5. The number of aromatic nitrogens is 2. The minimum Gasteiger partial charge on any atom is -0.438 e. The fourth-order valence-corrected chi connectivity index (χ4v) is 1.44. The van der Waals surface area contributed by atoms with Crippen molar-refractivity contribution in [3.63, 3.8) is 0 Å². The SMILES string of the molecule is NNc1cc(Oc2ccccc2C(N)=O)nc(N)n1. The van der Waals surface area contributed by atoms with Gasteiger partial charge in [-0.25, -0.2) is 5.84 Å². The van der Waals surface area contributed by atoms with Crippen LogP contribution in [0.2, 0.25) is 0 Å². The van der Waals surface area contributed by atoms with E-state index >= 15 is 0 Å². The Morgan fingerprint density at radius 1 is 1.26 bits per heavy atom. The van der Waals surface area contributed by atoms with Crippen LogP contribution in [0, 0.1) is 0 Å². The second-order valence-corrected chi connectivity index (χ2v) is 3.56. The van der Waals surface area contributed by atoms with Crippen LogP contribution in [0.15, 0.2) is 30.3 Å². The maximum Gasteiger partial charge on any atom is 0.252 e. The van der Waals surface area contributed by atoms with Crippen molar-refractivity contribution in [2.24, 2.45) is 11.6 Å². The van der Waals surface area contributed by atoms with Crippen LogP contribution in [0.25, 0.3) is 0 Å². The average molecular weight is 260 g/mol. The first-order chi connectivity index (χ1) is 9.10. The predicted molar refractivity (Wildman–Crippen MR) is 69.3 cm³/mol. The molecule has 98 valence electrons. The lowest BCUT2D eigenvalue weighted by molar-refractivity contribution is 0.0998. The second kappa shape index (κ2) is 5.19. The number of carbonyl (C=O) groups excluding carboxylic acids is 1. The molecule has 1 aromatic carbocycles. The minimum absolute atomic E-state index is 0.0120. The third-order valence-electron chi connectivity index (χ3n) is 2.23. The molecule has 1 aromatic heterocycles. The summed E-state index contributed by atoms with van der Waals surface area (Å²) in [5.41, 5.74) is 13.3. The summed E-state index contributed by atoms with van der Waals surface area (Å²) >= 11 is 0. The Bertz CT molecular complexity index is 616. The molecule has 0 aliphatic carbocycles. The van der Waals surface area contributed by atoms with Crippen LogP contribution in [0.5, 0.6) is 11.6 Å². The monoisotopic (exact) mass is 260 g/mol. The number of hydrogen-bond acceptors (Lipinski definition) is 7. The third kappa shape index (κ3) is 2.87. The number of primary amides is 1. The summed E-state index contributed by atoms with van der Waals surface area (Å²) < 4.78 is 5.47. The van der Waals surface area contributed by atoms with E-state index in [1.165, 1.54) is 6.07 Å². The van der Waals surface area contributed by atoms with Crippen LogP contribution < -0.4 is 27.5 Å². The summed E-state index contributed by atoms with van der Waals surface area (Å²) in [6.07, 6.45) is 0. The van der Waals surface area contributed by atoms with Gasteiger partial charge in [0.1, 0.15) is 11.6 Å². The van der Waals surface area contributed by atoms with Gasteiger partial charge in [-0.3, -0.25) is 4.79 Å². The number of nitrogens with two attached hydrogens (primary N) is 3. The van der Waals surface area contributed by atoms with Gasteiger partial charge in [0.2, 0.25) is 11.8 Å². The number of hydrazine groups is 1. The van der Waals surface area contributed by atoms with Crippen molar-refractivity contribution < 1.29 is 9.53 Å². The zero-order valence-electron chi connectivity index (χ0n) is 9.83. The fourth-order valence-electron chi connectivity index (χ4n) is 1.44. The number of benzene rings is 1. The van der Waals surface area contributed by atoms with E-state index in [4.69, 9.17) is 22.0 Å². The third-order valence-corrected chi connectivity index (χ3v) is 2.23. The lowest BCUT2D eigenvalue weighted by atomic mass is 10.2. The normalized spacial score (nSPS) is 9.95. The Morgan fingerprint density at radius 2 is 2.00 bits per heavy atom. The van der Waals surface area contributed by atoms with Crippen molar-refractivity contribution >= 4 is 17.7 Å². The fraction of sp³-hybridized carbons (Fsp3) is 0. The van der Waals surface area contributed by atoms with Crippen LogP contribution in [0.3, 0.4) is 0 Å². The van der Waals surface area contributed by atoms with Crippen molar-refractivity contribution in [1.82, 2.24) is 9.97 Å². The number of nitrogen functional groups attached to an aromatic ring is 2. The van der Waals surface area contributed by atoms with Gasteiger partial charge in [0, 0.05) is 6.07 Å². The van der Waals surface area contributed by atoms with E-state index in [0.717, 1.165) is 0 Å². The Labute approximate surface area is 108 Å². The van der Waals surface area contributed by atoms with Crippen molar-refractivity contribution in [2.75, 3.05) is 11.2 Å². The van der Waals surface area contributed by atoms with Gasteiger partial charge in [0.15, 0.2) is 0 Å². The number of anilines is 2. The lowest BCUT2D eigenvalue weighted by Crippen LogP contribution is -2.13. The molecule has 0 spiro atoms. The number of para-hydroxylation sites is 1. The van der Waals surface area contributed by atoms with E-state index in [2.05, 4.69) is 15.4 Å². The molecule has 0 saturated carbocycles. The van der Waals surface area contributed by atoms with E-state index in [-0.39, 0.29) is 23.1 Å². The van der Waals surface area contributed by atoms with Crippen LogP contribution in [-0.2, 0) is 0 Å². The van der Waals surface area contributed by atoms with E-state index < -0.39 is 5.91 Å². The zero-order chi connectivity index (χ0) is 13.8. The Hall–Kier alpha value is -2.87. The van der Waals surface area contributed by atoms with Gasteiger partial charge in [-0.05, 0) is 12.1 Å². The van der Waals surface area contributed by atoms with Gasteiger partial charge in [0.05, 0.1) is 5.56 Å². The molecule has 0 aliphatic heterocycles. The lowest BCUT2D eigenvalue weighted by Gasteiger charge is -2.09. The minimum atomic E-state index is -0.602. The molecular formula is C11H12N6O2. The molecule has 0 unspecified atom stereocenters. The van der Waals surface area contributed by atoms with E-state index in [9.17, 15) is 4.79 Å². The molecular weight excluding hydrogens is 248 g/mol. The summed E-state index contributed by atoms with van der Waals surface area (Å²) in [5.74, 6) is 5.33. The highest BCUT2D eigenvalue weighted by Gasteiger charge is 2.11. The van der Waals surface area contributed by atoms with Crippen LogP contribution in [-0.4, -0.2) is 15.9 Å². The summed E-state index contributed by atoms with van der Waals surface area (Å²) in [6.45, 7) is 0. The van der Waals surface area contributed by atoms with Gasteiger partial charge in [-0.15, -0.1) is 0 Å². The molecule has 8 heteroatoms. The van der Waals surface area contributed by atoms with E-state index in [1.54, 1.807) is 24.3 Å². The summed E-state index contributed by atoms with van der Waals surface area (Å²) in [4.78, 5) is 18.9. The molecule has 8 nitrogen and oxygen atoms in total. The summed E-state index contributed by atoms with van der Waals surface area (Å²) in [5, 5.41) is 0. The van der Waals surface area contributed by atoms with Crippen molar-refractivity contribution in [3.05, 3.63) is 35.9 Å². The molecule has 19 heavy (non-hydrogen) atoms. The zero-order valence-corrected chi connectivity index (χ0v) is 9.83. The van der Waals surface area contributed by atoms with Crippen LogP contribution >= 0.6 is 0 Å². The Morgan fingerprint density at radius 3 is 2.68 bits per heavy atom. The number of amides is 1. The maximum atomic E-state index is 11.3. The highest BCUT2D eigenvalue weighted by molar-refractivity contribution is 5.95. The largest absolute Gasteiger partial charge is 0.438 e. The molecule has 0 radical (unpaired) electrons. The number of nitrogens with one attached hydrogen (secondary N) is 1. The molecule has 0 saturated heterocycles. The number of carbonyl (C=O) groups is 1. The molecule has 2 aromatic rings. The number of ether oxygens (including phenoxy) is 1. The van der Waals surface area contributed by atoms with Crippen LogP contribution in [0.4, 0.5) is 11.8 Å². The average Bonchev–Trinajstić information content (AvgIpc) is 2.38. The number of rotatable bonds is 4. The second-order valence-electron chi connectivity index (χ2n) is 3.56. The van der Waals surface area contributed by atoms with Gasteiger partial charge in [-0.2, -0.15) is 9.97 Å². The predicted octanol–water partition coefficient (Wildman–Crippen LogP) is 0.236. The van der Waals surface area contributed by atoms with E-state index in [1.807, 2.05) is 0 Å².